The number of hydrogen-bond acceptors (Lipinski definition) is 3. The fourth-order valence-electron chi connectivity index (χ4n) is 2.76. The molecular formula is C20H26N2O3S. The van der Waals surface area contributed by atoms with Crippen molar-refractivity contribution in [1.82, 2.24) is 5.32 Å². The number of amides is 1. The summed E-state index contributed by atoms with van der Waals surface area (Å²) in [6, 6.07) is 12.9. The second kappa shape index (κ2) is 7.91. The lowest BCUT2D eigenvalue weighted by Crippen LogP contribution is -2.41. The molecule has 0 aliphatic carbocycles. The Morgan fingerprint density at radius 1 is 1.04 bits per heavy atom. The van der Waals surface area contributed by atoms with Gasteiger partial charge in [-0.05, 0) is 56.0 Å². The number of carbonyl (C=O) groups excluding carboxylic acids is 1. The van der Waals surface area contributed by atoms with Crippen molar-refractivity contribution in [2.24, 2.45) is 0 Å². The van der Waals surface area contributed by atoms with E-state index in [0.29, 0.717) is 5.69 Å². The number of nitrogens with one attached hydrogen (secondary N) is 1. The molecule has 1 amide bonds. The molecule has 6 heteroatoms. The predicted molar refractivity (Wildman–Crippen MR) is 106 cm³/mol. The van der Waals surface area contributed by atoms with Crippen LogP contribution in [0.3, 0.4) is 0 Å². The summed E-state index contributed by atoms with van der Waals surface area (Å²) in [5.74, 6) is -0.343. The fourth-order valence-corrected chi connectivity index (χ4v) is 3.67. The summed E-state index contributed by atoms with van der Waals surface area (Å²) in [6.07, 6.45) is 1.11. The second-order valence-electron chi connectivity index (χ2n) is 6.69. The molecule has 0 spiro atoms. The van der Waals surface area contributed by atoms with Gasteiger partial charge < -0.3 is 5.32 Å². The molecule has 1 unspecified atom stereocenters. The van der Waals surface area contributed by atoms with E-state index in [1.165, 1.54) is 5.56 Å². The monoisotopic (exact) mass is 374 g/mol. The van der Waals surface area contributed by atoms with E-state index in [4.69, 9.17) is 0 Å². The average Bonchev–Trinajstić information content (AvgIpc) is 2.55. The van der Waals surface area contributed by atoms with E-state index in [1.807, 2.05) is 58.0 Å². The topological polar surface area (TPSA) is 66.5 Å². The maximum Gasteiger partial charge on any atom is 0.241 e. The third-order valence-corrected chi connectivity index (χ3v) is 5.61. The van der Waals surface area contributed by atoms with Crippen LogP contribution >= 0.6 is 0 Å². The summed E-state index contributed by atoms with van der Waals surface area (Å²) < 4.78 is 25.6. The van der Waals surface area contributed by atoms with Crippen molar-refractivity contribution in [2.45, 2.75) is 33.7 Å². The van der Waals surface area contributed by atoms with E-state index in [0.717, 1.165) is 27.3 Å². The highest BCUT2D eigenvalue weighted by Gasteiger charge is 2.23. The largest absolute Gasteiger partial charge is 0.348 e. The molecule has 26 heavy (non-hydrogen) atoms. The first-order valence-corrected chi connectivity index (χ1v) is 10.3. The molecule has 0 aromatic heterocycles. The van der Waals surface area contributed by atoms with E-state index in [1.54, 1.807) is 12.1 Å². The summed E-state index contributed by atoms with van der Waals surface area (Å²) >= 11 is 0. The summed E-state index contributed by atoms with van der Waals surface area (Å²) in [5.41, 5.74) is 4.65. The zero-order chi connectivity index (χ0) is 19.5. The molecule has 0 aliphatic heterocycles. The first-order chi connectivity index (χ1) is 12.1. The smallest absolute Gasteiger partial charge is 0.241 e. The quantitative estimate of drug-likeness (QED) is 0.844. The Bertz CT molecular complexity index is 907. The molecule has 1 atom stereocenters. The Labute approximate surface area is 156 Å². The lowest BCUT2D eigenvalue weighted by molar-refractivity contribution is -0.120. The van der Waals surface area contributed by atoms with Gasteiger partial charge in [-0.1, -0.05) is 36.4 Å². The number of nitrogens with zero attached hydrogens (tertiary/aromatic N) is 1. The summed E-state index contributed by atoms with van der Waals surface area (Å²) in [4.78, 5) is 12.5. The van der Waals surface area contributed by atoms with Crippen LogP contribution in [0, 0.1) is 20.8 Å². The SMILES string of the molecule is Cc1ccc(C(C)NC(=O)CN(c2ccccc2C)S(C)(=O)=O)cc1C. The van der Waals surface area contributed by atoms with E-state index < -0.39 is 10.0 Å². The Balaban J connectivity index is 2.17. The van der Waals surface area contributed by atoms with Crippen LogP contribution in [0.1, 0.15) is 35.2 Å². The van der Waals surface area contributed by atoms with Gasteiger partial charge in [0.25, 0.3) is 0 Å². The highest BCUT2D eigenvalue weighted by atomic mass is 32.2. The molecule has 0 saturated heterocycles. The van der Waals surface area contributed by atoms with Crippen molar-refractivity contribution >= 4 is 21.6 Å². The summed E-state index contributed by atoms with van der Waals surface area (Å²) in [6.45, 7) is 7.52. The maximum atomic E-state index is 12.5. The first kappa shape index (κ1) is 20.0. The molecule has 0 heterocycles. The van der Waals surface area contributed by atoms with Gasteiger partial charge in [-0.3, -0.25) is 9.10 Å². The van der Waals surface area contributed by atoms with Gasteiger partial charge in [0.15, 0.2) is 0 Å². The van der Waals surface area contributed by atoms with Crippen LogP contribution in [0.4, 0.5) is 5.69 Å². The highest BCUT2D eigenvalue weighted by molar-refractivity contribution is 7.92. The van der Waals surface area contributed by atoms with Crippen LogP contribution in [-0.2, 0) is 14.8 Å². The molecule has 2 aromatic carbocycles. The van der Waals surface area contributed by atoms with Gasteiger partial charge in [-0.25, -0.2) is 8.42 Å². The molecule has 0 fully saturated rings. The van der Waals surface area contributed by atoms with Gasteiger partial charge in [0, 0.05) is 0 Å². The molecule has 0 aliphatic rings. The van der Waals surface area contributed by atoms with E-state index in [2.05, 4.69) is 5.32 Å². The Morgan fingerprint density at radius 2 is 1.69 bits per heavy atom. The predicted octanol–water partition coefficient (Wildman–Crippen LogP) is 3.26. The number of aryl methyl sites for hydroxylation is 3. The average molecular weight is 375 g/mol. The van der Waals surface area contributed by atoms with Gasteiger partial charge in [-0.15, -0.1) is 0 Å². The number of benzene rings is 2. The minimum absolute atomic E-state index is 0.208. The van der Waals surface area contributed by atoms with Gasteiger partial charge in [-0.2, -0.15) is 0 Å². The van der Waals surface area contributed by atoms with Crippen LogP contribution in [0.5, 0.6) is 0 Å². The van der Waals surface area contributed by atoms with Gasteiger partial charge >= 0.3 is 0 Å². The van der Waals surface area contributed by atoms with Crippen LogP contribution in [0.15, 0.2) is 42.5 Å². The van der Waals surface area contributed by atoms with E-state index in [-0.39, 0.29) is 18.5 Å². The number of rotatable bonds is 6. The lowest BCUT2D eigenvalue weighted by Gasteiger charge is -2.24. The molecule has 0 bridgehead atoms. The van der Waals surface area contributed by atoms with Crippen molar-refractivity contribution in [3.05, 3.63) is 64.7 Å². The zero-order valence-corrected chi connectivity index (χ0v) is 16.7. The maximum absolute atomic E-state index is 12.5. The van der Waals surface area contributed by atoms with Crippen LogP contribution in [0.25, 0.3) is 0 Å². The molecule has 2 rings (SSSR count). The number of anilines is 1. The van der Waals surface area contributed by atoms with Gasteiger partial charge in [0.2, 0.25) is 15.9 Å². The third-order valence-electron chi connectivity index (χ3n) is 4.48. The van der Waals surface area contributed by atoms with Crippen molar-refractivity contribution in [3.63, 3.8) is 0 Å². The third kappa shape index (κ3) is 4.85. The molecule has 0 radical (unpaired) electrons. The number of carbonyl (C=O) groups is 1. The summed E-state index contributed by atoms with van der Waals surface area (Å²) in [7, 11) is -3.58. The van der Waals surface area contributed by atoms with Crippen molar-refractivity contribution in [2.75, 3.05) is 17.1 Å². The normalized spacial score (nSPS) is 12.5. The van der Waals surface area contributed by atoms with Crippen LogP contribution in [0.2, 0.25) is 0 Å². The Kier molecular flexibility index (Phi) is 6.08. The van der Waals surface area contributed by atoms with Crippen molar-refractivity contribution < 1.29 is 13.2 Å². The molecular weight excluding hydrogens is 348 g/mol. The van der Waals surface area contributed by atoms with Crippen molar-refractivity contribution in [1.29, 1.82) is 0 Å². The number of hydrogen-bond donors (Lipinski definition) is 1. The minimum Gasteiger partial charge on any atom is -0.348 e. The van der Waals surface area contributed by atoms with Crippen LogP contribution in [-0.4, -0.2) is 27.1 Å². The number of sulfonamides is 1. The van der Waals surface area contributed by atoms with Gasteiger partial charge in [0.1, 0.15) is 6.54 Å². The van der Waals surface area contributed by atoms with Crippen LogP contribution < -0.4 is 9.62 Å². The second-order valence-corrected chi connectivity index (χ2v) is 8.60. The molecule has 0 saturated carbocycles. The fraction of sp³-hybridized carbons (Fsp3) is 0.350. The molecule has 1 N–H and O–H groups in total. The Morgan fingerprint density at radius 3 is 2.27 bits per heavy atom. The molecule has 2 aromatic rings. The zero-order valence-electron chi connectivity index (χ0n) is 15.9. The highest BCUT2D eigenvalue weighted by Crippen LogP contribution is 2.22. The number of para-hydroxylation sites is 1. The minimum atomic E-state index is -3.58. The van der Waals surface area contributed by atoms with E-state index in [9.17, 15) is 13.2 Å². The Hall–Kier alpha value is -2.34. The van der Waals surface area contributed by atoms with Gasteiger partial charge in [0.05, 0.1) is 18.0 Å². The lowest BCUT2D eigenvalue weighted by atomic mass is 10.0. The van der Waals surface area contributed by atoms with E-state index >= 15 is 0 Å². The first-order valence-electron chi connectivity index (χ1n) is 8.49. The summed E-state index contributed by atoms with van der Waals surface area (Å²) in [5, 5.41) is 2.89. The molecule has 5 nitrogen and oxygen atoms in total. The molecule has 140 valence electrons. The standard InChI is InChI=1S/C20H26N2O3S/c1-14-10-11-18(12-16(14)3)17(4)21-20(23)13-22(26(5,24)25)19-9-7-6-8-15(19)2/h6-12,17H,13H2,1-5H3,(H,21,23). The van der Waals surface area contributed by atoms with Crippen molar-refractivity contribution in [3.8, 4) is 0 Å².